The summed E-state index contributed by atoms with van der Waals surface area (Å²) in [5.41, 5.74) is 0.467. The molecule has 4 heteroatoms. The smallest absolute Gasteiger partial charge is 0.339 e. The van der Waals surface area contributed by atoms with Crippen molar-refractivity contribution in [1.29, 1.82) is 0 Å². The van der Waals surface area contributed by atoms with E-state index in [0.717, 1.165) is 19.3 Å². The summed E-state index contributed by atoms with van der Waals surface area (Å²) in [7, 11) is 0. The van der Waals surface area contributed by atoms with Gasteiger partial charge >= 0.3 is 11.9 Å². The molecule has 0 amide bonds. The van der Waals surface area contributed by atoms with Crippen molar-refractivity contribution < 1.29 is 19.1 Å². The first-order valence-corrected chi connectivity index (χ1v) is 8.24. The highest BCUT2D eigenvalue weighted by atomic mass is 16.5. The van der Waals surface area contributed by atoms with Crippen LogP contribution in [0.3, 0.4) is 0 Å². The average molecular weight is 318 g/mol. The van der Waals surface area contributed by atoms with Crippen molar-refractivity contribution in [3.63, 3.8) is 0 Å². The van der Waals surface area contributed by atoms with Crippen LogP contribution in [0.25, 0.3) is 0 Å². The topological polar surface area (TPSA) is 52.6 Å². The van der Waals surface area contributed by atoms with E-state index in [-0.39, 0.29) is 17.7 Å². The SMILES string of the molecule is C=CCOC(=O)c1ccccc1C(=O)OCCCCCCCC. The van der Waals surface area contributed by atoms with Crippen LogP contribution in [0.1, 0.15) is 66.2 Å². The van der Waals surface area contributed by atoms with Gasteiger partial charge in [-0.1, -0.05) is 63.8 Å². The number of rotatable bonds is 11. The molecule has 1 aromatic carbocycles. The molecule has 0 aromatic heterocycles. The summed E-state index contributed by atoms with van der Waals surface area (Å²) in [6, 6.07) is 6.53. The van der Waals surface area contributed by atoms with Gasteiger partial charge < -0.3 is 9.47 Å². The van der Waals surface area contributed by atoms with Crippen LogP contribution in [0.5, 0.6) is 0 Å². The minimum Gasteiger partial charge on any atom is -0.462 e. The molecular formula is C19H26O4. The van der Waals surface area contributed by atoms with Crippen LogP contribution in [0.4, 0.5) is 0 Å². The van der Waals surface area contributed by atoms with Gasteiger partial charge in [0.05, 0.1) is 17.7 Å². The zero-order chi connectivity index (χ0) is 16.9. The Morgan fingerprint density at radius 2 is 1.52 bits per heavy atom. The molecule has 0 heterocycles. The molecule has 0 aliphatic carbocycles. The third-order valence-corrected chi connectivity index (χ3v) is 3.43. The highest BCUT2D eigenvalue weighted by molar-refractivity contribution is 6.03. The largest absolute Gasteiger partial charge is 0.462 e. The third-order valence-electron chi connectivity index (χ3n) is 3.43. The van der Waals surface area contributed by atoms with Crippen LogP contribution in [0, 0.1) is 0 Å². The molecule has 0 radical (unpaired) electrons. The minimum absolute atomic E-state index is 0.111. The Morgan fingerprint density at radius 1 is 0.957 bits per heavy atom. The van der Waals surface area contributed by atoms with Crippen LogP contribution in [0.15, 0.2) is 36.9 Å². The number of hydrogen-bond acceptors (Lipinski definition) is 4. The van der Waals surface area contributed by atoms with Gasteiger partial charge in [-0.15, -0.1) is 0 Å². The van der Waals surface area contributed by atoms with Crippen molar-refractivity contribution in [1.82, 2.24) is 0 Å². The Morgan fingerprint density at radius 3 is 2.13 bits per heavy atom. The molecule has 126 valence electrons. The quantitative estimate of drug-likeness (QED) is 0.341. The lowest BCUT2D eigenvalue weighted by atomic mass is 10.1. The van der Waals surface area contributed by atoms with E-state index in [2.05, 4.69) is 13.5 Å². The molecule has 0 fully saturated rings. The highest BCUT2D eigenvalue weighted by Crippen LogP contribution is 2.13. The van der Waals surface area contributed by atoms with E-state index >= 15 is 0 Å². The van der Waals surface area contributed by atoms with Gasteiger partial charge in [-0.3, -0.25) is 0 Å². The molecule has 1 aromatic rings. The van der Waals surface area contributed by atoms with Crippen LogP contribution in [-0.2, 0) is 9.47 Å². The summed E-state index contributed by atoms with van der Waals surface area (Å²) in [5.74, 6) is -1.03. The Hall–Kier alpha value is -2.10. The lowest BCUT2D eigenvalue weighted by Crippen LogP contribution is -2.14. The summed E-state index contributed by atoms with van der Waals surface area (Å²) < 4.78 is 10.2. The lowest BCUT2D eigenvalue weighted by molar-refractivity contribution is 0.0470. The Balaban J connectivity index is 2.46. The van der Waals surface area contributed by atoms with Gasteiger partial charge in [0.15, 0.2) is 0 Å². The van der Waals surface area contributed by atoms with E-state index in [4.69, 9.17) is 9.47 Å². The molecule has 0 saturated heterocycles. The highest BCUT2D eigenvalue weighted by Gasteiger charge is 2.18. The lowest BCUT2D eigenvalue weighted by Gasteiger charge is -2.09. The molecule has 0 N–H and O–H groups in total. The molecule has 1 rings (SSSR count). The van der Waals surface area contributed by atoms with Gasteiger partial charge in [0.25, 0.3) is 0 Å². The van der Waals surface area contributed by atoms with Gasteiger partial charge in [-0.05, 0) is 18.6 Å². The maximum atomic E-state index is 12.1. The summed E-state index contributed by atoms with van der Waals surface area (Å²) >= 11 is 0. The van der Waals surface area contributed by atoms with Gasteiger partial charge in [0, 0.05) is 0 Å². The van der Waals surface area contributed by atoms with Crippen molar-refractivity contribution in [3.8, 4) is 0 Å². The molecule has 0 unspecified atom stereocenters. The minimum atomic E-state index is -0.544. The number of ether oxygens (including phenoxy) is 2. The van der Waals surface area contributed by atoms with Crippen molar-refractivity contribution in [2.24, 2.45) is 0 Å². The van der Waals surface area contributed by atoms with Crippen molar-refractivity contribution >= 4 is 11.9 Å². The Bertz CT molecular complexity index is 508. The van der Waals surface area contributed by atoms with Gasteiger partial charge in [-0.25, -0.2) is 9.59 Å². The molecule has 0 spiro atoms. The fourth-order valence-electron chi connectivity index (χ4n) is 2.18. The fourth-order valence-corrected chi connectivity index (χ4v) is 2.18. The molecule has 0 bridgehead atoms. The molecule has 4 nitrogen and oxygen atoms in total. The molecule has 23 heavy (non-hydrogen) atoms. The van der Waals surface area contributed by atoms with Crippen LogP contribution < -0.4 is 0 Å². The van der Waals surface area contributed by atoms with E-state index in [1.54, 1.807) is 24.3 Å². The Kier molecular flexibility index (Phi) is 9.45. The summed E-state index contributed by atoms with van der Waals surface area (Å²) in [6.45, 7) is 6.16. The van der Waals surface area contributed by atoms with E-state index in [1.165, 1.54) is 25.3 Å². The van der Waals surface area contributed by atoms with Gasteiger partial charge in [-0.2, -0.15) is 0 Å². The molecule has 0 atom stereocenters. The van der Waals surface area contributed by atoms with Crippen molar-refractivity contribution in [2.75, 3.05) is 13.2 Å². The zero-order valence-corrected chi connectivity index (χ0v) is 13.9. The Labute approximate surface area is 138 Å². The van der Waals surface area contributed by atoms with E-state index in [9.17, 15) is 9.59 Å². The average Bonchev–Trinajstić information content (AvgIpc) is 2.58. The number of esters is 2. The summed E-state index contributed by atoms with van der Waals surface area (Å²) in [6.07, 6.45) is 8.23. The predicted octanol–water partition coefficient (Wildman–Crippen LogP) is 4.55. The molecular weight excluding hydrogens is 292 g/mol. The van der Waals surface area contributed by atoms with Crippen LogP contribution in [0.2, 0.25) is 0 Å². The van der Waals surface area contributed by atoms with Crippen LogP contribution >= 0.6 is 0 Å². The second-order valence-corrected chi connectivity index (χ2v) is 5.34. The van der Waals surface area contributed by atoms with Gasteiger partial charge in [0.2, 0.25) is 0 Å². The standard InChI is InChI=1S/C19H26O4/c1-3-5-6-7-8-11-15-23-19(21)17-13-10-9-12-16(17)18(20)22-14-4-2/h4,9-10,12-13H,2-3,5-8,11,14-15H2,1H3. The maximum absolute atomic E-state index is 12.1. The zero-order valence-electron chi connectivity index (χ0n) is 13.9. The second-order valence-electron chi connectivity index (χ2n) is 5.34. The van der Waals surface area contributed by atoms with E-state index in [0.29, 0.717) is 6.61 Å². The summed E-state index contributed by atoms with van der Waals surface area (Å²) in [4.78, 5) is 24.1. The van der Waals surface area contributed by atoms with Crippen molar-refractivity contribution in [3.05, 3.63) is 48.0 Å². The van der Waals surface area contributed by atoms with Crippen LogP contribution in [-0.4, -0.2) is 25.2 Å². The fraction of sp³-hybridized carbons (Fsp3) is 0.474. The first kappa shape index (κ1) is 18.9. The maximum Gasteiger partial charge on any atom is 0.339 e. The number of carbonyl (C=O) groups excluding carboxylic acids is 2. The first-order chi connectivity index (χ1) is 11.2. The molecule has 0 aliphatic heterocycles. The first-order valence-electron chi connectivity index (χ1n) is 8.24. The van der Waals surface area contributed by atoms with E-state index < -0.39 is 11.9 Å². The third kappa shape index (κ3) is 7.13. The number of hydrogen-bond donors (Lipinski definition) is 0. The van der Waals surface area contributed by atoms with E-state index in [1.807, 2.05) is 0 Å². The normalized spacial score (nSPS) is 10.1. The van der Waals surface area contributed by atoms with Crippen molar-refractivity contribution in [2.45, 2.75) is 45.4 Å². The van der Waals surface area contributed by atoms with Gasteiger partial charge in [0.1, 0.15) is 6.61 Å². The second kappa shape index (κ2) is 11.5. The predicted molar refractivity (Wildman–Crippen MR) is 90.6 cm³/mol. The summed E-state index contributed by atoms with van der Waals surface area (Å²) in [5, 5.41) is 0. The monoisotopic (exact) mass is 318 g/mol. The molecule has 0 aliphatic rings. The number of unbranched alkanes of at least 4 members (excludes halogenated alkanes) is 5. The number of carbonyl (C=O) groups is 2. The molecule has 0 saturated carbocycles. The number of benzene rings is 1.